The van der Waals surface area contributed by atoms with Gasteiger partial charge in [-0.25, -0.2) is 4.79 Å². The number of phenolic OH excluding ortho intramolecular Hbond substituents is 2. The molecule has 1 unspecified atom stereocenters. The van der Waals surface area contributed by atoms with Gasteiger partial charge in [-0.2, -0.15) is 0 Å². The normalized spacial score (nSPS) is 20.3. The maximum atomic E-state index is 12.5. The molecule has 0 saturated carbocycles. The molecule has 29 heavy (non-hydrogen) atoms. The Hall–Kier alpha value is -3.99. The third-order valence-electron chi connectivity index (χ3n) is 6.18. The highest BCUT2D eigenvalue weighted by Crippen LogP contribution is 2.66. The lowest BCUT2D eigenvalue weighted by atomic mass is 9.79. The van der Waals surface area contributed by atoms with Gasteiger partial charge in [0.1, 0.15) is 23.0 Å². The third-order valence-corrected chi connectivity index (χ3v) is 6.18. The number of hydrogen-bond acceptors (Lipinski definition) is 5. The molecule has 2 N–H and O–H groups in total. The van der Waals surface area contributed by atoms with Gasteiger partial charge in [-0.1, -0.05) is 24.3 Å². The molecule has 0 radical (unpaired) electrons. The number of esters is 1. The summed E-state index contributed by atoms with van der Waals surface area (Å²) in [5.41, 5.74) is 1.38. The molecule has 0 saturated heterocycles. The minimum absolute atomic E-state index is 0.0915. The maximum Gasteiger partial charge on any atom is 0.332 e. The highest BCUT2D eigenvalue weighted by atomic mass is 16.6. The van der Waals surface area contributed by atoms with Gasteiger partial charge in [0.05, 0.1) is 11.1 Å². The Morgan fingerprint density at radius 1 is 0.828 bits per heavy atom. The van der Waals surface area contributed by atoms with Crippen LogP contribution in [0, 0.1) is 0 Å². The van der Waals surface area contributed by atoms with Gasteiger partial charge in [0.2, 0.25) is 0 Å². The summed E-state index contributed by atoms with van der Waals surface area (Å²) in [5, 5.41) is 24.2. The Kier molecular flexibility index (Phi) is 2.34. The number of hydrogen-bond donors (Lipinski definition) is 2. The average molecular weight is 380 g/mol. The van der Waals surface area contributed by atoms with Crippen molar-refractivity contribution < 1.29 is 24.5 Å². The van der Waals surface area contributed by atoms with Crippen molar-refractivity contribution >= 4 is 33.1 Å². The topological polar surface area (TPSA) is 76.0 Å². The zero-order valence-corrected chi connectivity index (χ0v) is 14.9. The van der Waals surface area contributed by atoms with Crippen LogP contribution in [0.15, 0.2) is 60.7 Å². The Bertz CT molecular complexity index is 1500. The predicted octanol–water partition coefficient (Wildman–Crippen LogP) is 4.71. The van der Waals surface area contributed by atoms with Gasteiger partial charge in [-0.05, 0) is 46.5 Å². The fourth-order valence-electron chi connectivity index (χ4n) is 5.15. The maximum absolute atomic E-state index is 12.5. The van der Waals surface area contributed by atoms with E-state index in [1.54, 1.807) is 18.2 Å². The van der Waals surface area contributed by atoms with E-state index in [1.807, 2.05) is 36.4 Å². The number of carbonyl (C=O) groups is 1. The first-order chi connectivity index (χ1) is 14.1. The lowest BCUT2D eigenvalue weighted by Crippen LogP contribution is -2.31. The molecule has 1 aliphatic carbocycles. The van der Waals surface area contributed by atoms with E-state index in [1.165, 1.54) is 6.08 Å². The second-order valence-corrected chi connectivity index (χ2v) is 7.60. The molecule has 0 bridgehead atoms. The average Bonchev–Trinajstić information content (AvgIpc) is 3.17. The summed E-state index contributed by atoms with van der Waals surface area (Å²) >= 11 is 0. The highest BCUT2D eigenvalue weighted by molar-refractivity contribution is 6.17. The largest absolute Gasteiger partial charge is 0.508 e. The smallest absolute Gasteiger partial charge is 0.332 e. The number of phenols is 2. The van der Waals surface area contributed by atoms with Crippen molar-refractivity contribution in [3.63, 3.8) is 0 Å². The lowest BCUT2D eigenvalue weighted by Gasteiger charge is -2.35. The first-order valence-corrected chi connectivity index (χ1v) is 9.27. The van der Waals surface area contributed by atoms with Crippen LogP contribution < -0.4 is 4.74 Å². The number of aromatic hydroxyl groups is 2. The SMILES string of the molecule is O=C1C=C2c3c(O)ccc4ccc5c(c34)C2(O1)c1c(ccc2ccc(O)cc12)O5. The van der Waals surface area contributed by atoms with Gasteiger partial charge in [-0.15, -0.1) is 0 Å². The molecule has 0 fully saturated rings. The van der Waals surface area contributed by atoms with Crippen molar-refractivity contribution in [2.24, 2.45) is 0 Å². The molecule has 3 aliphatic rings. The standard InChI is InChI=1S/C24H12O5/c25-13-5-1-11-3-7-17-22(14(11)9-13)24-15(10-19(27)29-24)21-16(26)6-2-12-4-8-18(28-17)23(24)20(12)21/h1-10,25-26H. The van der Waals surface area contributed by atoms with E-state index in [9.17, 15) is 15.0 Å². The van der Waals surface area contributed by atoms with E-state index in [0.29, 0.717) is 28.2 Å². The molecular formula is C24H12O5. The second kappa shape index (κ2) is 4.52. The molecule has 138 valence electrons. The minimum atomic E-state index is -1.21. The van der Waals surface area contributed by atoms with Gasteiger partial charge in [0.25, 0.3) is 0 Å². The Balaban J connectivity index is 1.74. The molecular weight excluding hydrogens is 368 g/mol. The molecule has 0 amide bonds. The fraction of sp³-hybridized carbons (Fsp3) is 0.0417. The molecule has 7 rings (SSSR count). The van der Waals surface area contributed by atoms with E-state index in [-0.39, 0.29) is 11.5 Å². The number of benzene rings is 4. The van der Waals surface area contributed by atoms with Crippen molar-refractivity contribution in [3.05, 3.63) is 77.4 Å². The van der Waals surface area contributed by atoms with Crippen LogP contribution >= 0.6 is 0 Å². The van der Waals surface area contributed by atoms with Crippen molar-refractivity contribution in [1.82, 2.24) is 0 Å². The third kappa shape index (κ3) is 1.54. The number of rotatable bonds is 0. The molecule has 4 aromatic rings. The molecule has 2 aliphatic heterocycles. The van der Waals surface area contributed by atoms with Gasteiger partial charge in [0, 0.05) is 22.6 Å². The lowest BCUT2D eigenvalue weighted by molar-refractivity contribution is -0.143. The van der Waals surface area contributed by atoms with E-state index in [4.69, 9.17) is 9.47 Å². The molecule has 0 aromatic heterocycles. The van der Waals surface area contributed by atoms with Gasteiger partial charge >= 0.3 is 5.97 Å². The Labute approximate surface area is 164 Å². The monoisotopic (exact) mass is 380 g/mol. The summed E-state index contributed by atoms with van der Waals surface area (Å²) in [7, 11) is 0. The summed E-state index contributed by atoms with van der Waals surface area (Å²) in [6.07, 6.45) is 1.45. The van der Waals surface area contributed by atoms with Gasteiger partial charge in [0.15, 0.2) is 5.60 Å². The summed E-state index contributed by atoms with van der Waals surface area (Å²) in [5.74, 6) is 0.882. The van der Waals surface area contributed by atoms with Crippen molar-refractivity contribution in [3.8, 4) is 23.0 Å². The summed E-state index contributed by atoms with van der Waals surface area (Å²) < 4.78 is 12.3. The van der Waals surface area contributed by atoms with Crippen molar-refractivity contribution in [1.29, 1.82) is 0 Å². The summed E-state index contributed by atoms with van der Waals surface area (Å²) in [6, 6.07) is 16.1. The molecule has 2 heterocycles. The molecule has 4 aromatic carbocycles. The first-order valence-electron chi connectivity index (χ1n) is 9.27. The fourth-order valence-corrected chi connectivity index (χ4v) is 5.15. The highest BCUT2D eigenvalue weighted by Gasteiger charge is 2.58. The summed E-state index contributed by atoms with van der Waals surface area (Å²) in [6.45, 7) is 0. The van der Waals surface area contributed by atoms with Gasteiger partial charge < -0.3 is 19.7 Å². The van der Waals surface area contributed by atoms with Crippen LogP contribution in [0.4, 0.5) is 0 Å². The van der Waals surface area contributed by atoms with Crippen LogP contribution in [0.3, 0.4) is 0 Å². The van der Waals surface area contributed by atoms with E-state index >= 15 is 0 Å². The van der Waals surface area contributed by atoms with Crippen LogP contribution in [0.2, 0.25) is 0 Å². The quantitative estimate of drug-likeness (QED) is 0.432. The summed E-state index contributed by atoms with van der Waals surface area (Å²) in [4.78, 5) is 12.5. The van der Waals surface area contributed by atoms with Crippen molar-refractivity contribution in [2.45, 2.75) is 5.60 Å². The van der Waals surface area contributed by atoms with E-state index in [0.717, 1.165) is 27.1 Å². The van der Waals surface area contributed by atoms with Crippen LogP contribution in [0.5, 0.6) is 23.0 Å². The van der Waals surface area contributed by atoms with Crippen LogP contribution in [0.25, 0.3) is 27.1 Å². The minimum Gasteiger partial charge on any atom is -0.508 e. The Morgan fingerprint density at radius 2 is 1.55 bits per heavy atom. The van der Waals surface area contributed by atoms with E-state index < -0.39 is 11.6 Å². The second-order valence-electron chi connectivity index (χ2n) is 7.60. The molecule has 5 heteroatoms. The zero-order valence-electron chi connectivity index (χ0n) is 14.9. The molecule has 1 atom stereocenters. The number of carbonyl (C=O) groups excluding carboxylic acids is 1. The van der Waals surface area contributed by atoms with Crippen LogP contribution in [-0.2, 0) is 15.1 Å². The van der Waals surface area contributed by atoms with E-state index in [2.05, 4.69) is 0 Å². The predicted molar refractivity (Wildman–Crippen MR) is 106 cm³/mol. The van der Waals surface area contributed by atoms with Crippen LogP contribution in [0.1, 0.15) is 16.7 Å². The molecule has 5 nitrogen and oxygen atoms in total. The van der Waals surface area contributed by atoms with Crippen molar-refractivity contribution in [2.75, 3.05) is 0 Å². The number of fused-ring (bicyclic) bond motifs is 4. The number of ether oxygens (including phenoxy) is 2. The van der Waals surface area contributed by atoms with Gasteiger partial charge in [-0.3, -0.25) is 0 Å². The zero-order chi connectivity index (χ0) is 19.5. The first kappa shape index (κ1) is 15.0. The van der Waals surface area contributed by atoms with Crippen LogP contribution in [-0.4, -0.2) is 16.2 Å². The Morgan fingerprint density at radius 3 is 2.41 bits per heavy atom. The molecule has 1 spiro atoms.